The van der Waals surface area contributed by atoms with Crippen molar-refractivity contribution in [2.45, 2.75) is 29.9 Å². The molecule has 3 nitrogen and oxygen atoms in total. The SMILES string of the molecule is CCCNCc1cnc(Sc2cccc(Cl)c2)nc1. The summed E-state index contributed by atoms with van der Waals surface area (Å²) < 4.78 is 0. The van der Waals surface area contributed by atoms with Crippen molar-refractivity contribution in [2.75, 3.05) is 6.54 Å². The van der Waals surface area contributed by atoms with Crippen LogP contribution in [0.4, 0.5) is 0 Å². The number of nitrogens with one attached hydrogen (secondary N) is 1. The van der Waals surface area contributed by atoms with Crippen LogP contribution in [0.5, 0.6) is 0 Å². The highest BCUT2D eigenvalue weighted by molar-refractivity contribution is 7.99. The van der Waals surface area contributed by atoms with Gasteiger partial charge in [-0.2, -0.15) is 0 Å². The maximum atomic E-state index is 5.94. The fourth-order valence-corrected chi connectivity index (χ4v) is 2.54. The number of rotatable bonds is 6. The lowest BCUT2D eigenvalue weighted by Gasteiger charge is -2.04. The summed E-state index contributed by atoms with van der Waals surface area (Å²) in [5.74, 6) is 0. The number of aromatic nitrogens is 2. The first-order chi connectivity index (χ1) is 9.28. The van der Waals surface area contributed by atoms with Crippen molar-refractivity contribution in [3.05, 3.63) is 47.2 Å². The Morgan fingerprint density at radius 2 is 2.05 bits per heavy atom. The monoisotopic (exact) mass is 293 g/mol. The normalized spacial score (nSPS) is 10.6. The Bertz CT molecular complexity index is 516. The summed E-state index contributed by atoms with van der Waals surface area (Å²) in [4.78, 5) is 9.75. The van der Waals surface area contributed by atoms with Crippen LogP contribution in [-0.2, 0) is 6.54 Å². The lowest BCUT2D eigenvalue weighted by molar-refractivity contribution is 0.669. The molecule has 1 aromatic carbocycles. The zero-order chi connectivity index (χ0) is 13.5. The van der Waals surface area contributed by atoms with Crippen LogP contribution in [0, 0.1) is 0 Å². The van der Waals surface area contributed by atoms with Crippen molar-refractivity contribution in [3.63, 3.8) is 0 Å². The molecule has 19 heavy (non-hydrogen) atoms. The van der Waals surface area contributed by atoms with Gasteiger partial charge in [0.2, 0.25) is 0 Å². The van der Waals surface area contributed by atoms with Gasteiger partial charge in [-0.1, -0.05) is 24.6 Å². The zero-order valence-corrected chi connectivity index (χ0v) is 12.3. The van der Waals surface area contributed by atoms with E-state index in [-0.39, 0.29) is 0 Å². The Hall–Kier alpha value is -1.10. The summed E-state index contributed by atoms with van der Waals surface area (Å²) in [5.41, 5.74) is 1.10. The minimum absolute atomic E-state index is 0.727. The van der Waals surface area contributed by atoms with E-state index in [0.29, 0.717) is 0 Å². The number of nitrogens with zero attached hydrogens (tertiary/aromatic N) is 2. The molecule has 0 atom stereocenters. The van der Waals surface area contributed by atoms with Gasteiger partial charge in [0.15, 0.2) is 5.16 Å². The van der Waals surface area contributed by atoms with E-state index in [9.17, 15) is 0 Å². The van der Waals surface area contributed by atoms with E-state index in [2.05, 4.69) is 22.2 Å². The molecule has 5 heteroatoms. The van der Waals surface area contributed by atoms with Gasteiger partial charge in [0.25, 0.3) is 0 Å². The van der Waals surface area contributed by atoms with Crippen LogP contribution in [0.1, 0.15) is 18.9 Å². The summed E-state index contributed by atoms with van der Waals surface area (Å²) >= 11 is 7.46. The van der Waals surface area contributed by atoms with Gasteiger partial charge >= 0.3 is 0 Å². The summed E-state index contributed by atoms with van der Waals surface area (Å²) in [6.45, 7) is 3.98. The number of hydrogen-bond donors (Lipinski definition) is 1. The van der Waals surface area contributed by atoms with Gasteiger partial charge in [0.05, 0.1) is 0 Å². The Morgan fingerprint density at radius 3 is 2.74 bits per heavy atom. The first kappa shape index (κ1) is 14.3. The van der Waals surface area contributed by atoms with E-state index in [0.717, 1.165) is 40.1 Å². The van der Waals surface area contributed by atoms with Gasteiger partial charge in [-0.25, -0.2) is 9.97 Å². The number of halogens is 1. The molecular formula is C14H16ClN3S. The average molecular weight is 294 g/mol. The number of hydrogen-bond acceptors (Lipinski definition) is 4. The molecule has 1 N–H and O–H groups in total. The van der Waals surface area contributed by atoms with Gasteiger partial charge in [-0.05, 0) is 42.9 Å². The first-order valence-electron chi connectivity index (χ1n) is 6.23. The molecule has 2 rings (SSSR count). The second-order valence-corrected chi connectivity index (χ2v) is 5.59. The third-order valence-corrected chi connectivity index (χ3v) is 3.56. The second kappa shape index (κ2) is 7.48. The van der Waals surface area contributed by atoms with E-state index >= 15 is 0 Å². The van der Waals surface area contributed by atoms with Crippen LogP contribution in [-0.4, -0.2) is 16.5 Å². The smallest absolute Gasteiger partial charge is 0.192 e. The summed E-state index contributed by atoms with van der Waals surface area (Å²) in [5, 5.41) is 4.79. The molecule has 0 aliphatic carbocycles. The third-order valence-electron chi connectivity index (χ3n) is 2.44. The Kier molecular flexibility index (Phi) is 5.63. The highest BCUT2D eigenvalue weighted by atomic mass is 35.5. The van der Waals surface area contributed by atoms with Gasteiger partial charge in [-0.15, -0.1) is 0 Å². The summed E-state index contributed by atoms with van der Waals surface area (Å²) in [6, 6.07) is 7.69. The van der Waals surface area contributed by atoms with Crippen molar-refractivity contribution < 1.29 is 0 Å². The predicted molar refractivity (Wildman–Crippen MR) is 79.6 cm³/mol. The van der Waals surface area contributed by atoms with Crippen LogP contribution in [0.3, 0.4) is 0 Å². The predicted octanol–water partition coefficient (Wildman–Crippen LogP) is 3.78. The summed E-state index contributed by atoms with van der Waals surface area (Å²) in [7, 11) is 0. The first-order valence-corrected chi connectivity index (χ1v) is 7.42. The molecule has 0 spiro atoms. The van der Waals surface area contributed by atoms with Gasteiger partial charge in [-0.3, -0.25) is 0 Å². The molecule has 1 heterocycles. The van der Waals surface area contributed by atoms with Gasteiger partial charge in [0.1, 0.15) is 0 Å². The molecule has 1 aromatic heterocycles. The van der Waals surface area contributed by atoms with Gasteiger partial charge in [0, 0.05) is 34.4 Å². The molecular weight excluding hydrogens is 278 g/mol. The van der Waals surface area contributed by atoms with Gasteiger partial charge < -0.3 is 5.32 Å². The lowest BCUT2D eigenvalue weighted by Crippen LogP contribution is -2.14. The minimum Gasteiger partial charge on any atom is -0.313 e. The van der Waals surface area contributed by atoms with E-state index in [4.69, 9.17) is 11.6 Å². The second-order valence-electron chi connectivity index (χ2n) is 4.11. The fourth-order valence-electron chi connectivity index (χ4n) is 1.53. The van der Waals surface area contributed by atoms with Crippen LogP contribution in [0.2, 0.25) is 5.02 Å². The van der Waals surface area contributed by atoms with Crippen LogP contribution < -0.4 is 5.32 Å². The molecule has 0 amide bonds. The topological polar surface area (TPSA) is 37.8 Å². The quantitative estimate of drug-likeness (QED) is 0.650. The van der Waals surface area contributed by atoms with Crippen molar-refractivity contribution in [3.8, 4) is 0 Å². The van der Waals surface area contributed by atoms with Crippen molar-refractivity contribution in [1.82, 2.24) is 15.3 Å². The Morgan fingerprint density at radius 1 is 1.26 bits per heavy atom. The molecule has 0 radical (unpaired) electrons. The highest BCUT2D eigenvalue weighted by Gasteiger charge is 2.01. The van der Waals surface area contributed by atoms with Crippen molar-refractivity contribution >= 4 is 23.4 Å². The molecule has 100 valence electrons. The largest absolute Gasteiger partial charge is 0.313 e. The van der Waals surface area contributed by atoms with E-state index < -0.39 is 0 Å². The Labute approximate surface area is 122 Å². The van der Waals surface area contributed by atoms with Crippen molar-refractivity contribution in [1.29, 1.82) is 0 Å². The number of benzene rings is 1. The molecule has 0 unspecified atom stereocenters. The molecule has 0 aliphatic rings. The van der Waals surface area contributed by atoms with Crippen LogP contribution in [0.15, 0.2) is 46.7 Å². The third kappa shape index (κ3) is 4.82. The molecule has 0 fully saturated rings. The maximum Gasteiger partial charge on any atom is 0.192 e. The zero-order valence-electron chi connectivity index (χ0n) is 10.8. The molecule has 0 saturated carbocycles. The Balaban J connectivity index is 1.95. The van der Waals surface area contributed by atoms with Crippen molar-refractivity contribution in [2.24, 2.45) is 0 Å². The fraction of sp³-hybridized carbons (Fsp3) is 0.286. The van der Waals surface area contributed by atoms with E-state index in [1.807, 2.05) is 36.7 Å². The van der Waals surface area contributed by atoms with E-state index in [1.54, 1.807) is 0 Å². The maximum absolute atomic E-state index is 5.94. The lowest BCUT2D eigenvalue weighted by atomic mass is 10.3. The molecule has 0 aliphatic heterocycles. The van der Waals surface area contributed by atoms with Crippen LogP contribution >= 0.6 is 23.4 Å². The summed E-state index contributed by atoms with van der Waals surface area (Å²) in [6.07, 6.45) is 4.86. The average Bonchev–Trinajstić information content (AvgIpc) is 2.41. The molecule has 0 bridgehead atoms. The van der Waals surface area contributed by atoms with Crippen LogP contribution in [0.25, 0.3) is 0 Å². The molecule has 2 aromatic rings. The standard InChI is InChI=1S/C14H16ClN3S/c1-2-6-16-8-11-9-17-14(18-10-11)19-13-5-3-4-12(15)7-13/h3-5,7,9-10,16H,2,6,8H2,1H3. The molecule has 0 saturated heterocycles. The minimum atomic E-state index is 0.727. The van der Waals surface area contributed by atoms with E-state index in [1.165, 1.54) is 11.8 Å². The highest BCUT2D eigenvalue weighted by Crippen LogP contribution is 2.26.